The van der Waals surface area contributed by atoms with Crippen molar-refractivity contribution in [2.24, 2.45) is 5.10 Å². The number of aromatic nitrogens is 2. The Hall–Kier alpha value is -4.06. The smallest absolute Gasteiger partial charge is 0.165 e. The number of hydrazone groups is 1. The van der Waals surface area contributed by atoms with E-state index in [-0.39, 0.29) is 11.6 Å². The summed E-state index contributed by atoms with van der Waals surface area (Å²) < 4.78 is 13.0. The molecule has 6 heteroatoms. The fourth-order valence-electron chi connectivity index (χ4n) is 2.77. The van der Waals surface area contributed by atoms with E-state index < -0.39 is 0 Å². The summed E-state index contributed by atoms with van der Waals surface area (Å²) in [5.41, 5.74) is 5.77. The van der Waals surface area contributed by atoms with Gasteiger partial charge in [0.1, 0.15) is 11.6 Å². The van der Waals surface area contributed by atoms with Crippen molar-refractivity contribution in [3.05, 3.63) is 96.3 Å². The summed E-state index contributed by atoms with van der Waals surface area (Å²) in [4.78, 5) is 9.09. The molecule has 0 radical (unpaired) electrons. The molecule has 142 valence electrons. The molecule has 0 spiro atoms. The first-order valence-electron chi connectivity index (χ1n) is 8.96. The highest BCUT2D eigenvalue weighted by atomic mass is 19.1. The first-order valence-corrected chi connectivity index (χ1v) is 8.96. The second-order valence-electron chi connectivity index (χ2n) is 6.27. The molecule has 0 fully saturated rings. The first-order chi connectivity index (χ1) is 14.2. The predicted octanol–water partition coefficient (Wildman–Crippen LogP) is 5.10. The van der Waals surface area contributed by atoms with Gasteiger partial charge < -0.3 is 5.11 Å². The summed E-state index contributed by atoms with van der Waals surface area (Å²) in [7, 11) is 0. The van der Waals surface area contributed by atoms with Crippen LogP contribution in [0.25, 0.3) is 22.6 Å². The number of hydrogen-bond donors (Lipinski definition) is 2. The van der Waals surface area contributed by atoms with Crippen LogP contribution >= 0.6 is 0 Å². The van der Waals surface area contributed by atoms with Gasteiger partial charge in [-0.3, -0.25) is 5.43 Å². The number of phenols is 1. The Morgan fingerprint density at radius 2 is 1.59 bits per heavy atom. The molecule has 0 atom stereocenters. The lowest BCUT2D eigenvalue weighted by Crippen LogP contribution is -1.99. The summed E-state index contributed by atoms with van der Waals surface area (Å²) >= 11 is 0. The van der Waals surface area contributed by atoms with Crippen molar-refractivity contribution in [3.63, 3.8) is 0 Å². The van der Waals surface area contributed by atoms with Crippen molar-refractivity contribution in [1.82, 2.24) is 9.97 Å². The standard InChI is InChI=1S/C23H17FN4O/c24-18-12-10-16(11-13-18)15-25-28-22-14-20(17-6-2-1-3-7-17)26-23(27-22)19-8-4-5-9-21(19)29/h1-15,29H,(H,26,27,28)/b25-15-. The van der Waals surface area contributed by atoms with Crippen LogP contribution in [0.4, 0.5) is 10.2 Å². The van der Waals surface area contributed by atoms with E-state index in [1.54, 1.807) is 42.6 Å². The maximum Gasteiger partial charge on any atom is 0.165 e. The van der Waals surface area contributed by atoms with Crippen molar-refractivity contribution in [2.45, 2.75) is 0 Å². The lowest BCUT2D eigenvalue weighted by atomic mass is 10.1. The third-order valence-electron chi connectivity index (χ3n) is 4.20. The number of aromatic hydroxyl groups is 1. The molecule has 2 N–H and O–H groups in total. The number of benzene rings is 3. The molecular weight excluding hydrogens is 367 g/mol. The van der Waals surface area contributed by atoms with Gasteiger partial charge in [-0.2, -0.15) is 5.10 Å². The molecule has 0 saturated heterocycles. The normalized spacial score (nSPS) is 10.9. The molecular formula is C23H17FN4O. The number of phenolic OH excluding ortho intramolecular Hbond substituents is 1. The number of halogens is 1. The molecule has 3 aromatic carbocycles. The Morgan fingerprint density at radius 3 is 2.34 bits per heavy atom. The Morgan fingerprint density at radius 1 is 0.862 bits per heavy atom. The van der Waals surface area contributed by atoms with Crippen LogP contribution in [0, 0.1) is 5.82 Å². The highest BCUT2D eigenvalue weighted by Gasteiger charge is 2.11. The average molecular weight is 384 g/mol. The molecule has 1 heterocycles. The summed E-state index contributed by atoms with van der Waals surface area (Å²) in [6, 6.07) is 24.4. The highest BCUT2D eigenvalue weighted by Crippen LogP contribution is 2.29. The second-order valence-corrected chi connectivity index (χ2v) is 6.27. The number of anilines is 1. The zero-order valence-corrected chi connectivity index (χ0v) is 15.3. The molecule has 0 unspecified atom stereocenters. The molecule has 0 aliphatic heterocycles. The van der Waals surface area contributed by atoms with E-state index in [0.29, 0.717) is 22.9 Å². The van der Waals surface area contributed by atoms with Gasteiger partial charge in [0.05, 0.1) is 17.5 Å². The Labute approximate surface area is 167 Å². The third-order valence-corrected chi connectivity index (χ3v) is 4.20. The van der Waals surface area contributed by atoms with Crippen molar-refractivity contribution < 1.29 is 9.50 Å². The molecule has 4 aromatic rings. The van der Waals surface area contributed by atoms with Crippen LogP contribution < -0.4 is 5.43 Å². The molecule has 1 aromatic heterocycles. The minimum absolute atomic E-state index is 0.0958. The van der Waals surface area contributed by atoms with Crippen molar-refractivity contribution in [2.75, 3.05) is 5.43 Å². The molecule has 0 bridgehead atoms. The van der Waals surface area contributed by atoms with Crippen LogP contribution in [0.5, 0.6) is 5.75 Å². The van der Waals surface area contributed by atoms with Crippen LogP contribution in [0.2, 0.25) is 0 Å². The summed E-state index contributed by atoms with van der Waals surface area (Å²) in [6.07, 6.45) is 1.57. The van der Waals surface area contributed by atoms with Crippen LogP contribution in [0.1, 0.15) is 5.56 Å². The number of para-hydroxylation sites is 1. The van der Waals surface area contributed by atoms with E-state index >= 15 is 0 Å². The Bertz CT molecular complexity index is 1150. The topological polar surface area (TPSA) is 70.4 Å². The molecule has 0 aliphatic rings. The lowest BCUT2D eigenvalue weighted by molar-refractivity contribution is 0.477. The van der Waals surface area contributed by atoms with E-state index in [9.17, 15) is 9.50 Å². The summed E-state index contributed by atoms with van der Waals surface area (Å²) in [6.45, 7) is 0. The van der Waals surface area contributed by atoms with Crippen LogP contribution in [-0.4, -0.2) is 21.3 Å². The van der Waals surface area contributed by atoms with Gasteiger partial charge in [-0.15, -0.1) is 0 Å². The lowest BCUT2D eigenvalue weighted by Gasteiger charge is -2.09. The number of nitrogens with one attached hydrogen (secondary N) is 1. The van der Waals surface area contributed by atoms with Crippen molar-refractivity contribution >= 4 is 12.0 Å². The zero-order chi connectivity index (χ0) is 20.1. The zero-order valence-electron chi connectivity index (χ0n) is 15.3. The SMILES string of the molecule is Oc1ccccc1-c1nc(N/N=C\c2ccc(F)cc2)cc(-c2ccccc2)n1. The van der Waals surface area contributed by atoms with E-state index in [0.717, 1.165) is 11.1 Å². The molecule has 5 nitrogen and oxygen atoms in total. The van der Waals surface area contributed by atoms with Gasteiger partial charge >= 0.3 is 0 Å². The minimum Gasteiger partial charge on any atom is -0.507 e. The van der Waals surface area contributed by atoms with Gasteiger partial charge in [-0.1, -0.05) is 54.6 Å². The maximum absolute atomic E-state index is 13.0. The van der Waals surface area contributed by atoms with E-state index in [1.807, 2.05) is 36.4 Å². The van der Waals surface area contributed by atoms with Crippen LogP contribution in [-0.2, 0) is 0 Å². The monoisotopic (exact) mass is 384 g/mol. The number of nitrogens with zero attached hydrogens (tertiary/aromatic N) is 3. The fourth-order valence-corrected chi connectivity index (χ4v) is 2.77. The van der Waals surface area contributed by atoms with E-state index in [4.69, 9.17) is 0 Å². The summed E-state index contributed by atoms with van der Waals surface area (Å²) in [5, 5.41) is 14.4. The van der Waals surface area contributed by atoms with Crippen molar-refractivity contribution in [3.8, 4) is 28.4 Å². The second kappa shape index (κ2) is 8.31. The summed E-state index contributed by atoms with van der Waals surface area (Å²) in [5.74, 6) is 0.642. The molecule has 4 rings (SSSR count). The largest absolute Gasteiger partial charge is 0.507 e. The van der Waals surface area contributed by atoms with Gasteiger partial charge in [0, 0.05) is 11.6 Å². The predicted molar refractivity (Wildman–Crippen MR) is 112 cm³/mol. The van der Waals surface area contributed by atoms with Gasteiger partial charge in [-0.05, 0) is 29.8 Å². The molecule has 29 heavy (non-hydrogen) atoms. The molecule has 0 amide bonds. The third kappa shape index (κ3) is 4.44. The molecule has 0 saturated carbocycles. The van der Waals surface area contributed by atoms with Gasteiger partial charge in [-0.25, -0.2) is 14.4 Å². The van der Waals surface area contributed by atoms with Gasteiger partial charge in [0.25, 0.3) is 0 Å². The van der Waals surface area contributed by atoms with Gasteiger partial charge in [0.15, 0.2) is 11.6 Å². The first kappa shape index (κ1) is 18.3. The number of rotatable bonds is 5. The van der Waals surface area contributed by atoms with E-state index in [1.165, 1.54) is 12.1 Å². The van der Waals surface area contributed by atoms with Crippen molar-refractivity contribution in [1.29, 1.82) is 0 Å². The fraction of sp³-hybridized carbons (Fsp3) is 0. The maximum atomic E-state index is 13.0. The van der Waals surface area contributed by atoms with Crippen LogP contribution in [0.15, 0.2) is 90.0 Å². The number of hydrogen-bond acceptors (Lipinski definition) is 5. The van der Waals surface area contributed by atoms with E-state index in [2.05, 4.69) is 20.5 Å². The quantitative estimate of drug-likeness (QED) is 0.371. The molecule has 0 aliphatic carbocycles. The van der Waals surface area contributed by atoms with Gasteiger partial charge in [0.2, 0.25) is 0 Å². The van der Waals surface area contributed by atoms with Crippen LogP contribution in [0.3, 0.4) is 0 Å². The average Bonchev–Trinajstić information content (AvgIpc) is 2.76. The highest BCUT2D eigenvalue weighted by molar-refractivity contribution is 5.80. The Kier molecular flexibility index (Phi) is 5.25. The Balaban J connectivity index is 1.70. The minimum atomic E-state index is -0.300.